The Bertz CT molecular complexity index is 313. The molecule has 0 aromatic heterocycles. The van der Waals surface area contributed by atoms with E-state index in [0.29, 0.717) is 0 Å². The van der Waals surface area contributed by atoms with Gasteiger partial charge in [0.05, 0.1) is 5.89 Å². The molecule has 0 bridgehead atoms. The molecule has 1 atom stereocenters. The van der Waals surface area contributed by atoms with E-state index >= 15 is 0 Å². The Balaban J connectivity index is 0. The molecule has 0 aliphatic rings. The molecule has 0 aromatic carbocycles. The summed E-state index contributed by atoms with van der Waals surface area (Å²) in [5.41, 5.74) is 0. The number of carboxylic acids is 1. The van der Waals surface area contributed by atoms with E-state index in [0.717, 1.165) is 0 Å². The second-order valence-electron chi connectivity index (χ2n) is 1.88. The first-order valence-corrected chi connectivity index (χ1v) is 3.14. The minimum atomic E-state index is -3.24. The summed E-state index contributed by atoms with van der Waals surface area (Å²) in [6.45, 7) is -2.73. The second kappa shape index (κ2) is 9.52. The van der Waals surface area contributed by atoms with Crippen LogP contribution >= 0.6 is 0 Å². The van der Waals surface area contributed by atoms with Crippen molar-refractivity contribution in [1.82, 2.24) is 0 Å². The predicted molar refractivity (Wildman–Crippen MR) is 49.5 cm³/mol. The fourth-order valence-electron chi connectivity index (χ4n) is 0.566. The number of aliphatic hydroxyl groups excluding tert-OH is 1. The summed E-state index contributed by atoms with van der Waals surface area (Å²) in [6.07, 6.45) is -7.16. The van der Waals surface area contributed by atoms with Gasteiger partial charge in [0, 0.05) is 16.2 Å². The number of aliphatic carboxylic acids is 1. The van der Waals surface area contributed by atoms with Crippen LogP contribution in [0, 0.1) is 5.89 Å². The van der Waals surface area contributed by atoms with Crippen LogP contribution < -0.4 is 0 Å². The molecule has 3 nitrogen and oxygen atoms in total. The van der Waals surface area contributed by atoms with E-state index in [9.17, 15) is 4.79 Å². The molecule has 0 aliphatic heterocycles. The van der Waals surface area contributed by atoms with E-state index in [2.05, 4.69) is 0 Å². The van der Waals surface area contributed by atoms with E-state index in [1.165, 1.54) is 0 Å². The summed E-state index contributed by atoms with van der Waals surface area (Å²) in [6, 6.07) is 0. The van der Waals surface area contributed by atoms with E-state index in [-0.39, 0.29) is 36.0 Å². The molecule has 0 heterocycles. The topological polar surface area (TPSA) is 57.5 Å². The van der Waals surface area contributed by atoms with Gasteiger partial charge in [-0.1, -0.05) is 13.2 Å². The van der Waals surface area contributed by atoms with Crippen LogP contribution in [-0.2, 0) is 4.79 Å². The quantitative estimate of drug-likeness (QED) is 0.605. The van der Waals surface area contributed by atoms with E-state index in [4.69, 9.17) is 19.8 Å². The molecule has 0 aromatic rings. The molecule has 0 saturated carbocycles. The van der Waals surface area contributed by atoms with Crippen molar-refractivity contribution in [3.05, 3.63) is 0 Å². The zero-order valence-corrected chi connectivity index (χ0v) is 6.00. The number of rotatable bonds is 6. The summed E-state index contributed by atoms with van der Waals surface area (Å²) in [5.74, 6) is -4.75. The van der Waals surface area contributed by atoms with E-state index < -0.39 is 44.5 Å². The molecule has 1 unspecified atom stereocenters. The number of carboxylic acid groups (broad SMARTS) is 1. The van der Waals surface area contributed by atoms with Crippen molar-refractivity contribution in [2.45, 2.75) is 32.5 Å². The third-order valence-electron chi connectivity index (χ3n) is 1.07. The maximum absolute atomic E-state index is 11.0. The average molecular weight is 191 g/mol. The molecule has 0 aliphatic carbocycles. The first kappa shape index (κ1) is 5.35. The molecule has 68 valence electrons. The third-order valence-corrected chi connectivity index (χ3v) is 1.07. The second-order valence-corrected chi connectivity index (χ2v) is 1.88. The molecule has 0 fully saturated rings. The first-order valence-electron chi connectivity index (χ1n) is 6.79. The predicted octanol–water partition coefficient (Wildman–Crippen LogP) is 0.611. The van der Waals surface area contributed by atoms with Gasteiger partial charge in [-0.2, -0.15) is 0 Å². The van der Waals surface area contributed by atoms with Crippen LogP contribution in [0.4, 0.5) is 0 Å². The van der Waals surface area contributed by atoms with Gasteiger partial charge in [0.2, 0.25) is 0 Å². The van der Waals surface area contributed by atoms with Crippen LogP contribution in [0.25, 0.3) is 0 Å². The van der Waals surface area contributed by atoms with Crippen molar-refractivity contribution in [2.75, 3.05) is 6.61 Å². The van der Waals surface area contributed by atoms with E-state index in [1.54, 1.807) is 0 Å². The van der Waals surface area contributed by atoms with Gasteiger partial charge in [-0.05, 0) is 19.2 Å². The van der Waals surface area contributed by atoms with E-state index in [1.807, 2.05) is 0 Å². The normalized spacial score (nSPS) is 25.7. The fraction of sp³-hybridized carbons (Fsp3) is 0.875. The van der Waals surface area contributed by atoms with Crippen LogP contribution in [0.3, 0.4) is 0 Å². The molecule has 0 spiro atoms. The molecule has 0 amide bonds. The third kappa shape index (κ3) is 7.10. The summed E-state index contributed by atoms with van der Waals surface area (Å²) < 4.78 is 51.3. The summed E-state index contributed by atoms with van der Waals surface area (Å²) >= 11 is 0. The van der Waals surface area contributed by atoms with Gasteiger partial charge in [-0.25, -0.2) is 0 Å². The van der Waals surface area contributed by atoms with Gasteiger partial charge in [-0.15, -0.1) is 0 Å². The number of hydrogen-bond acceptors (Lipinski definition) is 2. The Morgan fingerprint density at radius 1 is 1.83 bits per heavy atom. The standard InChI is InChI=1S/C8H16O3.Na.H/c1-2-4-7(8(10)11)5-3-6-9;;/h7,9H,2-6H2,1H3,(H,10,11);;/i1D2,2D2,4D2,7D;;. The van der Waals surface area contributed by atoms with Crippen molar-refractivity contribution in [2.24, 2.45) is 5.89 Å². The zero-order chi connectivity index (χ0) is 14.8. The molecule has 0 radical (unpaired) electrons. The van der Waals surface area contributed by atoms with Crippen molar-refractivity contribution >= 4 is 35.5 Å². The van der Waals surface area contributed by atoms with Crippen LogP contribution in [-0.4, -0.2) is 52.3 Å². The summed E-state index contributed by atoms with van der Waals surface area (Å²) in [7, 11) is 0. The molecule has 2 N–H and O–H groups in total. The molecule has 12 heavy (non-hydrogen) atoms. The SMILES string of the molecule is [2H]C([2H])C([2H])([2H])C([2H])([2H])C([2H])(CCCO)C(=O)O.[NaH]. The van der Waals surface area contributed by atoms with Crippen molar-refractivity contribution < 1.29 is 24.6 Å². The molecule has 0 saturated heterocycles. The number of carbonyl (C=O) groups is 1. The van der Waals surface area contributed by atoms with Crippen molar-refractivity contribution in [1.29, 1.82) is 0 Å². The Morgan fingerprint density at radius 3 is 2.92 bits per heavy atom. The van der Waals surface area contributed by atoms with Gasteiger partial charge in [0.25, 0.3) is 0 Å². The van der Waals surface area contributed by atoms with Gasteiger partial charge in [-0.3, -0.25) is 4.79 Å². The van der Waals surface area contributed by atoms with Crippen molar-refractivity contribution in [3.63, 3.8) is 0 Å². The minimum absolute atomic E-state index is 0. The van der Waals surface area contributed by atoms with Crippen LogP contribution in [0.15, 0.2) is 0 Å². The maximum atomic E-state index is 11.0. The molecule has 4 heteroatoms. The van der Waals surface area contributed by atoms with Gasteiger partial charge in [0.1, 0.15) is 0 Å². The van der Waals surface area contributed by atoms with Gasteiger partial charge >= 0.3 is 35.5 Å². The monoisotopic (exact) mass is 191 g/mol. The molecular weight excluding hydrogens is 167 g/mol. The Labute approximate surface area is 105 Å². The Hall–Kier alpha value is 0.430. The van der Waals surface area contributed by atoms with Crippen LogP contribution in [0.1, 0.15) is 42.1 Å². The Kier molecular flexibility index (Phi) is 4.24. The summed E-state index contributed by atoms with van der Waals surface area (Å²) in [5, 5.41) is 17.6. The number of aliphatic hydroxyl groups is 1. The molecular formula is C8H17NaO3. The molecule has 0 rings (SSSR count). The van der Waals surface area contributed by atoms with Crippen LogP contribution in [0.5, 0.6) is 0 Å². The fourth-order valence-corrected chi connectivity index (χ4v) is 0.566. The van der Waals surface area contributed by atoms with Crippen LogP contribution in [0.2, 0.25) is 0 Å². The first-order chi connectivity index (χ1) is 7.95. The Morgan fingerprint density at radius 2 is 2.50 bits per heavy atom. The number of hydrogen-bond donors (Lipinski definition) is 2. The summed E-state index contributed by atoms with van der Waals surface area (Å²) in [4.78, 5) is 11.0. The van der Waals surface area contributed by atoms with Crippen molar-refractivity contribution in [3.8, 4) is 0 Å². The average Bonchev–Trinajstić information content (AvgIpc) is 2.24. The van der Waals surface area contributed by atoms with Gasteiger partial charge < -0.3 is 10.2 Å². The van der Waals surface area contributed by atoms with Gasteiger partial charge in [0.15, 0.2) is 0 Å². The zero-order valence-electron chi connectivity index (χ0n) is 13.0.